The lowest BCUT2D eigenvalue weighted by Crippen LogP contribution is -2.62. The van der Waals surface area contributed by atoms with Gasteiger partial charge in [-0.1, -0.05) is 44.2 Å². The van der Waals surface area contributed by atoms with Crippen LogP contribution in [-0.2, 0) is 11.3 Å². The molecular weight excluding hydrogens is 382 g/mol. The maximum atomic E-state index is 13.7. The molecule has 2 saturated carbocycles. The van der Waals surface area contributed by atoms with Crippen LogP contribution in [0.1, 0.15) is 73.2 Å². The zero-order valence-corrected chi connectivity index (χ0v) is 17.6. The van der Waals surface area contributed by atoms with E-state index in [0.29, 0.717) is 12.2 Å². The molecule has 2 aliphatic carbocycles. The fraction of sp³-hybridized carbons (Fsp3) is 0.522. The molecule has 0 saturated heterocycles. The number of carbonyl (C=O) groups is 2. The Labute approximate surface area is 176 Å². The lowest BCUT2D eigenvalue weighted by molar-refractivity contribution is -0.135. The molecule has 2 heterocycles. The molecule has 4 rings (SSSR count). The van der Waals surface area contributed by atoms with E-state index in [9.17, 15) is 9.59 Å². The quantitative estimate of drug-likeness (QED) is 0.759. The number of aromatic nitrogens is 1. The van der Waals surface area contributed by atoms with Gasteiger partial charge in [0.15, 0.2) is 0 Å². The molecule has 2 amide bonds. The Balaban J connectivity index is 1.68. The van der Waals surface area contributed by atoms with Crippen molar-refractivity contribution in [1.82, 2.24) is 15.2 Å². The van der Waals surface area contributed by atoms with Crippen LogP contribution in [0.3, 0.4) is 0 Å². The van der Waals surface area contributed by atoms with Gasteiger partial charge in [-0.3, -0.25) is 14.6 Å². The number of hydrogen-bond donors (Lipinski definition) is 1. The van der Waals surface area contributed by atoms with Crippen molar-refractivity contribution in [2.24, 2.45) is 0 Å². The SMILES string of the molecule is O=C(c1ccccn1)N(Cc1cccs1)C1(C(=O)NC2CCCC2)CCCCC1. The molecule has 0 aromatic carbocycles. The van der Waals surface area contributed by atoms with Gasteiger partial charge in [0.25, 0.3) is 5.91 Å². The molecule has 0 atom stereocenters. The Morgan fingerprint density at radius 2 is 1.86 bits per heavy atom. The van der Waals surface area contributed by atoms with Gasteiger partial charge in [-0.2, -0.15) is 0 Å². The molecule has 2 fully saturated rings. The molecule has 0 bridgehead atoms. The molecule has 1 N–H and O–H groups in total. The van der Waals surface area contributed by atoms with Crippen molar-refractivity contribution in [3.63, 3.8) is 0 Å². The van der Waals surface area contributed by atoms with Crippen LogP contribution in [0.4, 0.5) is 0 Å². The van der Waals surface area contributed by atoms with Crippen molar-refractivity contribution < 1.29 is 9.59 Å². The molecule has 2 aromatic heterocycles. The molecular formula is C23H29N3O2S. The van der Waals surface area contributed by atoms with Gasteiger partial charge in [0.2, 0.25) is 5.91 Å². The monoisotopic (exact) mass is 411 g/mol. The normalized spacial score (nSPS) is 19.0. The fourth-order valence-corrected chi connectivity index (χ4v) is 5.44. The predicted octanol–water partition coefficient (Wildman–Crippen LogP) is 4.55. The molecule has 0 aliphatic heterocycles. The number of amides is 2. The average Bonchev–Trinajstić information content (AvgIpc) is 3.47. The standard InChI is InChI=1S/C23H29N3O2S/c27-21(20-12-4-7-15-24-20)26(17-19-11-8-16-29-19)23(13-5-1-6-14-23)22(28)25-18-9-2-3-10-18/h4,7-8,11-12,15-16,18H,1-3,5-6,9-10,13-14,17H2,(H,25,28). The minimum atomic E-state index is -0.792. The van der Waals surface area contributed by atoms with Crippen LogP contribution in [0.2, 0.25) is 0 Å². The van der Waals surface area contributed by atoms with Crippen molar-refractivity contribution in [3.05, 3.63) is 52.5 Å². The van der Waals surface area contributed by atoms with Crippen LogP contribution < -0.4 is 5.32 Å². The van der Waals surface area contributed by atoms with E-state index in [2.05, 4.69) is 10.3 Å². The molecule has 0 spiro atoms. The summed E-state index contributed by atoms with van der Waals surface area (Å²) in [5, 5.41) is 5.32. The van der Waals surface area contributed by atoms with Crippen LogP contribution in [0.15, 0.2) is 41.9 Å². The zero-order chi connectivity index (χ0) is 20.1. The fourth-order valence-electron chi connectivity index (χ4n) is 4.75. The van der Waals surface area contributed by atoms with Gasteiger partial charge >= 0.3 is 0 Å². The third-order valence-corrected chi connectivity index (χ3v) is 7.19. The van der Waals surface area contributed by atoms with Gasteiger partial charge in [0.1, 0.15) is 11.2 Å². The third kappa shape index (κ3) is 4.37. The zero-order valence-electron chi connectivity index (χ0n) is 16.8. The van der Waals surface area contributed by atoms with Gasteiger partial charge in [0.05, 0.1) is 6.54 Å². The van der Waals surface area contributed by atoms with Gasteiger partial charge in [-0.15, -0.1) is 11.3 Å². The summed E-state index contributed by atoms with van der Waals surface area (Å²) >= 11 is 1.63. The Morgan fingerprint density at radius 3 is 2.52 bits per heavy atom. The first-order valence-corrected chi connectivity index (χ1v) is 11.6. The second-order valence-electron chi connectivity index (χ2n) is 8.23. The number of rotatable bonds is 6. The Kier molecular flexibility index (Phi) is 6.28. The van der Waals surface area contributed by atoms with Gasteiger partial charge < -0.3 is 10.2 Å². The lowest BCUT2D eigenvalue weighted by Gasteiger charge is -2.45. The minimum Gasteiger partial charge on any atom is -0.351 e. The van der Waals surface area contributed by atoms with E-state index in [0.717, 1.165) is 49.8 Å². The number of carbonyl (C=O) groups excluding carboxylic acids is 2. The van der Waals surface area contributed by atoms with E-state index in [4.69, 9.17) is 0 Å². The molecule has 0 radical (unpaired) electrons. The van der Waals surface area contributed by atoms with Crippen LogP contribution in [-0.4, -0.2) is 33.3 Å². The Hall–Kier alpha value is -2.21. The van der Waals surface area contributed by atoms with Crippen molar-refractivity contribution in [2.45, 2.75) is 75.9 Å². The summed E-state index contributed by atoms with van der Waals surface area (Å²) < 4.78 is 0. The first-order chi connectivity index (χ1) is 14.2. The summed E-state index contributed by atoms with van der Waals surface area (Å²) in [5.74, 6) is -0.118. The molecule has 5 nitrogen and oxygen atoms in total. The van der Waals surface area contributed by atoms with Gasteiger partial charge in [-0.05, 0) is 49.3 Å². The molecule has 0 unspecified atom stereocenters. The van der Waals surface area contributed by atoms with Crippen molar-refractivity contribution in [2.75, 3.05) is 0 Å². The maximum absolute atomic E-state index is 13.7. The number of hydrogen-bond acceptors (Lipinski definition) is 4. The number of nitrogens with one attached hydrogen (secondary N) is 1. The van der Waals surface area contributed by atoms with Crippen LogP contribution in [0.25, 0.3) is 0 Å². The van der Waals surface area contributed by atoms with Crippen molar-refractivity contribution >= 4 is 23.2 Å². The van der Waals surface area contributed by atoms with E-state index < -0.39 is 5.54 Å². The lowest BCUT2D eigenvalue weighted by atomic mass is 9.78. The highest BCUT2D eigenvalue weighted by Crippen LogP contribution is 2.37. The molecule has 2 aliphatic rings. The first kappa shape index (κ1) is 20.1. The highest BCUT2D eigenvalue weighted by atomic mass is 32.1. The highest BCUT2D eigenvalue weighted by Gasteiger charge is 2.48. The molecule has 29 heavy (non-hydrogen) atoms. The summed E-state index contributed by atoms with van der Waals surface area (Å²) in [6, 6.07) is 9.66. The largest absolute Gasteiger partial charge is 0.351 e. The second-order valence-corrected chi connectivity index (χ2v) is 9.26. The maximum Gasteiger partial charge on any atom is 0.273 e. The number of nitrogens with zero attached hydrogens (tertiary/aromatic N) is 2. The summed E-state index contributed by atoms with van der Waals surface area (Å²) in [5.41, 5.74) is -0.387. The summed E-state index contributed by atoms with van der Waals surface area (Å²) in [4.78, 5) is 34.5. The Morgan fingerprint density at radius 1 is 1.07 bits per heavy atom. The van der Waals surface area contributed by atoms with Gasteiger partial charge in [0, 0.05) is 17.1 Å². The van der Waals surface area contributed by atoms with E-state index >= 15 is 0 Å². The van der Waals surface area contributed by atoms with Gasteiger partial charge in [-0.25, -0.2) is 0 Å². The van der Waals surface area contributed by atoms with E-state index in [-0.39, 0.29) is 17.9 Å². The second kappa shape index (κ2) is 9.08. The average molecular weight is 412 g/mol. The summed E-state index contributed by atoms with van der Waals surface area (Å²) in [7, 11) is 0. The number of thiophene rings is 1. The topological polar surface area (TPSA) is 62.3 Å². The van der Waals surface area contributed by atoms with Crippen molar-refractivity contribution in [3.8, 4) is 0 Å². The number of pyridine rings is 1. The van der Waals surface area contributed by atoms with Crippen LogP contribution in [0.5, 0.6) is 0 Å². The smallest absolute Gasteiger partial charge is 0.273 e. The third-order valence-electron chi connectivity index (χ3n) is 6.33. The first-order valence-electron chi connectivity index (χ1n) is 10.8. The molecule has 154 valence electrons. The van der Waals surface area contributed by atoms with E-state index in [1.807, 2.05) is 34.5 Å². The predicted molar refractivity (Wildman–Crippen MR) is 115 cm³/mol. The van der Waals surface area contributed by atoms with Crippen LogP contribution in [0, 0.1) is 0 Å². The van der Waals surface area contributed by atoms with E-state index in [1.54, 1.807) is 23.6 Å². The minimum absolute atomic E-state index is 0.0323. The Bertz CT molecular complexity index is 810. The van der Waals surface area contributed by atoms with E-state index in [1.165, 1.54) is 12.8 Å². The highest BCUT2D eigenvalue weighted by molar-refractivity contribution is 7.09. The van der Waals surface area contributed by atoms with Crippen molar-refractivity contribution in [1.29, 1.82) is 0 Å². The summed E-state index contributed by atoms with van der Waals surface area (Å²) in [6.07, 6.45) is 10.6. The van der Waals surface area contributed by atoms with Crippen LogP contribution >= 0.6 is 11.3 Å². The molecule has 6 heteroatoms. The summed E-state index contributed by atoms with van der Waals surface area (Å²) in [6.45, 7) is 0.450. The molecule has 2 aromatic rings.